The van der Waals surface area contributed by atoms with E-state index in [0.29, 0.717) is 0 Å². The lowest BCUT2D eigenvalue weighted by Crippen LogP contribution is -2.22. The summed E-state index contributed by atoms with van der Waals surface area (Å²) in [6.45, 7) is 2.49. The summed E-state index contributed by atoms with van der Waals surface area (Å²) in [5.41, 5.74) is 6.60. The zero-order valence-electron chi connectivity index (χ0n) is 7.99. The third-order valence-corrected chi connectivity index (χ3v) is 2.34. The van der Waals surface area contributed by atoms with Crippen molar-refractivity contribution in [1.29, 1.82) is 0 Å². The van der Waals surface area contributed by atoms with E-state index in [9.17, 15) is 0 Å². The second-order valence-electron chi connectivity index (χ2n) is 2.95. The molecule has 74 valence electrons. The molecular formula is C8H15N3OS. The van der Waals surface area contributed by atoms with E-state index in [4.69, 9.17) is 10.5 Å². The fourth-order valence-electron chi connectivity index (χ4n) is 1.01. The Morgan fingerprint density at radius 2 is 2.46 bits per heavy atom. The standard InChI is InChI=1S/C8H15N3OS/c1-11(3-4-12-2)6-7-5-8(9)13-10-7/h5H,3-4,6,9H2,1-2H3. The van der Waals surface area contributed by atoms with Crippen LogP contribution in [-0.2, 0) is 11.3 Å². The first-order chi connectivity index (χ1) is 6.22. The van der Waals surface area contributed by atoms with Crippen LogP contribution < -0.4 is 5.73 Å². The molecule has 0 fully saturated rings. The Kier molecular flexibility index (Phi) is 4.14. The van der Waals surface area contributed by atoms with Gasteiger partial charge in [-0.3, -0.25) is 4.90 Å². The fraction of sp³-hybridized carbons (Fsp3) is 0.625. The van der Waals surface area contributed by atoms with Gasteiger partial charge in [0.25, 0.3) is 0 Å². The van der Waals surface area contributed by atoms with Gasteiger partial charge in [0.2, 0.25) is 0 Å². The van der Waals surface area contributed by atoms with Crippen molar-refractivity contribution in [2.75, 3.05) is 33.0 Å². The molecule has 0 amide bonds. The molecule has 0 radical (unpaired) electrons. The van der Waals surface area contributed by atoms with E-state index in [2.05, 4.69) is 9.27 Å². The molecule has 0 bridgehead atoms. The van der Waals surface area contributed by atoms with Crippen LogP contribution in [0.2, 0.25) is 0 Å². The molecule has 1 aromatic rings. The van der Waals surface area contributed by atoms with Gasteiger partial charge in [-0.1, -0.05) is 0 Å². The Labute approximate surface area is 82.5 Å². The molecule has 2 N–H and O–H groups in total. The number of nitrogen functional groups attached to an aromatic ring is 1. The Morgan fingerprint density at radius 1 is 1.69 bits per heavy atom. The van der Waals surface area contributed by atoms with E-state index in [1.54, 1.807) is 7.11 Å². The zero-order chi connectivity index (χ0) is 9.68. The van der Waals surface area contributed by atoms with Gasteiger partial charge in [-0.2, -0.15) is 4.37 Å². The van der Waals surface area contributed by atoms with Crippen molar-refractivity contribution in [3.05, 3.63) is 11.8 Å². The number of hydrogen-bond donors (Lipinski definition) is 1. The molecule has 1 aromatic heterocycles. The average molecular weight is 201 g/mol. The van der Waals surface area contributed by atoms with Crippen LogP contribution in [0.3, 0.4) is 0 Å². The van der Waals surface area contributed by atoms with Gasteiger partial charge in [0.15, 0.2) is 0 Å². The SMILES string of the molecule is COCCN(C)Cc1cc(N)sn1. The van der Waals surface area contributed by atoms with Crippen LogP contribution in [0.25, 0.3) is 0 Å². The first-order valence-corrected chi connectivity index (χ1v) is 4.88. The van der Waals surface area contributed by atoms with Gasteiger partial charge < -0.3 is 10.5 Å². The molecular weight excluding hydrogens is 186 g/mol. The molecule has 0 atom stereocenters. The van der Waals surface area contributed by atoms with Crippen molar-refractivity contribution in [3.8, 4) is 0 Å². The minimum atomic E-state index is 0.746. The Bertz CT molecular complexity index is 251. The Morgan fingerprint density at radius 3 is 3.00 bits per heavy atom. The van der Waals surface area contributed by atoms with Crippen molar-refractivity contribution < 1.29 is 4.74 Å². The topological polar surface area (TPSA) is 51.4 Å². The normalized spacial score (nSPS) is 11.0. The largest absolute Gasteiger partial charge is 0.389 e. The van der Waals surface area contributed by atoms with E-state index in [-0.39, 0.29) is 0 Å². The molecule has 0 aliphatic carbocycles. The molecule has 1 heterocycles. The molecule has 0 aliphatic rings. The highest BCUT2D eigenvalue weighted by molar-refractivity contribution is 7.09. The number of nitrogens with zero attached hydrogens (tertiary/aromatic N) is 2. The number of ether oxygens (including phenoxy) is 1. The quantitative estimate of drug-likeness (QED) is 0.765. The smallest absolute Gasteiger partial charge is 0.107 e. The van der Waals surface area contributed by atoms with Crippen molar-refractivity contribution in [2.45, 2.75) is 6.54 Å². The average Bonchev–Trinajstić information content (AvgIpc) is 2.48. The molecule has 4 nitrogen and oxygen atoms in total. The molecule has 5 heteroatoms. The number of methoxy groups -OCH3 is 1. The van der Waals surface area contributed by atoms with Crippen LogP contribution in [-0.4, -0.2) is 36.6 Å². The lowest BCUT2D eigenvalue weighted by Gasteiger charge is -2.13. The van der Waals surface area contributed by atoms with Crippen molar-refractivity contribution in [3.63, 3.8) is 0 Å². The van der Waals surface area contributed by atoms with Gasteiger partial charge in [-0.05, 0) is 24.6 Å². The molecule has 0 unspecified atom stereocenters. The monoisotopic (exact) mass is 201 g/mol. The summed E-state index contributed by atoms with van der Waals surface area (Å²) in [6.07, 6.45) is 0. The van der Waals surface area contributed by atoms with Gasteiger partial charge in [0.1, 0.15) is 5.00 Å². The molecule has 1 rings (SSSR count). The molecule has 0 spiro atoms. The number of hydrogen-bond acceptors (Lipinski definition) is 5. The van der Waals surface area contributed by atoms with Crippen LogP contribution >= 0.6 is 11.5 Å². The number of anilines is 1. The lowest BCUT2D eigenvalue weighted by atomic mass is 10.4. The number of aromatic nitrogens is 1. The highest BCUT2D eigenvalue weighted by atomic mass is 32.1. The molecule has 13 heavy (non-hydrogen) atoms. The van der Waals surface area contributed by atoms with Crippen molar-refractivity contribution in [1.82, 2.24) is 9.27 Å². The van der Waals surface area contributed by atoms with Crippen molar-refractivity contribution >= 4 is 16.5 Å². The summed E-state index contributed by atoms with van der Waals surface area (Å²) in [7, 11) is 3.74. The number of rotatable bonds is 5. The molecule has 0 saturated heterocycles. The van der Waals surface area contributed by atoms with Crippen LogP contribution in [0.5, 0.6) is 0 Å². The Hall–Kier alpha value is -0.650. The molecule has 0 aromatic carbocycles. The summed E-state index contributed by atoms with van der Waals surface area (Å²) >= 11 is 1.34. The van der Waals surface area contributed by atoms with Gasteiger partial charge >= 0.3 is 0 Å². The van der Waals surface area contributed by atoms with Crippen LogP contribution in [0.15, 0.2) is 6.07 Å². The zero-order valence-corrected chi connectivity index (χ0v) is 8.80. The first-order valence-electron chi connectivity index (χ1n) is 4.11. The maximum absolute atomic E-state index is 5.57. The maximum atomic E-state index is 5.57. The third-order valence-electron chi connectivity index (χ3n) is 1.69. The molecule has 0 aliphatic heterocycles. The minimum absolute atomic E-state index is 0.746. The predicted octanol–water partition coefficient (Wildman–Crippen LogP) is 0.804. The number of likely N-dealkylation sites (N-methyl/N-ethyl adjacent to an activating group) is 1. The van der Waals surface area contributed by atoms with E-state index >= 15 is 0 Å². The summed E-state index contributed by atoms with van der Waals surface area (Å²) in [6, 6.07) is 1.91. The summed E-state index contributed by atoms with van der Waals surface area (Å²) in [5.74, 6) is 0. The van der Waals surface area contributed by atoms with E-state index in [1.165, 1.54) is 11.5 Å². The first kappa shape index (κ1) is 10.4. The lowest BCUT2D eigenvalue weighted by molar-refractivity contribution is 0.158. The third kappa shape index (κ3) is 3.71. The highest BCUT2D eigenvalue weighted by Crippen LogP contribution is 2.12. The van der Waals surface area contributed by atoms with Crippen molar-refractivity contribution in [2.24, 2.45) is 0 Å². The van der Waals surface area contributed by atoms with E-state index in [0.717, 1.165) is 30.4 Å². The summed E-state index contributed by atoms with van der Waals surface area (Å²) in [5, 5.41) is 0.773. The maximum Gasteiger partial charge on any atom is 0.107 e. The fourth-order valence-corrected chi connectivity index (χ4v) is 1.53. The summed E-state index contributed by atoms with van der Waals surface area (Å²) in [4.78, 5) is 2.15. The van der Waals surface area contributed by atoms with Gasteiger partial charge in [-0.15, -0.1) is 0 Å². The highest BCUT2D eigenvalue weighted by Gasteiger charge is 2.02. The second-order valence-corrected chi connectivity index (χ2v) is 3.79. The second kappa shape index (κ2) is 5.16. The van der Waals surface area contributed by atoms with E-state index < -0.39 is 0 Å². The Balaban J connectivity index is 2.31. The van der Waals surface area contributed by atoms with Gasteiger partial charge in [0, 0.05) is 20.2 Å². The van der Waals surface area contributed by atoms with Crippen LogP contribution in [0.1, 0.15) is 5.69 Å². The summed E-state index contributed by atoms with van der Waals surface area (Å²) < 4.78 is 9.17. The van der Waals surface area contributed by atoms with Gasteiger partial charge in [0.05, 0.1) is 12.3 Å². The van der Waals surface area contributed by atoms with Crippen LogP contribution in [0, 0.1) is 0 Å². The van der Waals surface area contributed by atoms with E-state index in [1.807, 2.05) is 13.1 Å². The van der Waals surface area contributed by atoms with Crippen LogP contribution in [0.4, 0.5) is 5.00 Å². The van der Waals surface area contributed by atoms with Gasteiger partial charge in [-0.25, -0.2) is 0 Å². The number of nitrogens with two attached hydrogens (primary N) is 1. The minimum Gasteiger partial charge on any atom is -0.389 e. The predicted molar refractivity (Wildman–Crippen MR) is 54.7 cm³/mol. The molecule has 0 saturated carbocycles.